The summed E-state index contributed by atoms with van der Waals surface area (Å²) in [5.74, 6) is 0.664. The lowest BCUT2D eigenvalue weighted by Crippen LogP contribution is -2.36. The Bertz CT molecular complexity index is 985. The molecule has 1 heterocycles. The number of hydrogen-bond donors (Lipinski definition) is 2. The lowest BCUT2D eigenvalue weighted by Gasteiger charge is -2.33. The van der Waals surface area contributed by atoms with Crippen LogP contribution in [0.2, 0.25) is 0 Å². The highest BCUT2D eigenvalue weighted by Gasteiger charge is 2.58. The molecule has 1 aliphatic heterocycles. The van der Waals surface area contributed by atoms with E-state index >= 15 is 0 Å². The van der Waals surface area contributed by atoms with Crippen LogP contribution >= 0.6 is 0 Å². The van der Waals surface area contributed by atoms with Crippen molar-refractivity contribution < 1.29 is 27.8 Å². The Morgan fingerprint density at radius 1 is 1.22 bits per heavy atom. The molecule has 1 saturated carbocycles. The number of aromatic hydroxyl groups is 1. The lowest BCUT2D eigenvalue weighted by molar-refractivity contribution is -0.137. The highest BCUT2D eigenvalue weighted by atomic mass is 19.4. The zero-order valence-corrected chi connectivity index (χ0v) is 17.9. The van der Waals surface area contributed by atoms with Gasteiger partial charge in [0.25, 0.3) is 0 Å². The summed E-state index contributed by atoms with van der Waals surface area (Å²) in [5, 5.41) is 13.0. The predicted molar refractivity (Wildman–Crippen MR) is 113 cm³/mol. The number of carbonyl (C=O) groups excluding carboxylic acids is 1. The number of piperidine rings is 1. The number of rotatable bonds is 6. The number of nitrogens with zero attached hydrogens (tertiary/aromatic N) is 1. The number of hydrogen-bond acceptors (Lipinski definition) is 4. The quantitative estimate of drug-likeness (QED) is 0.690. The van der Waals surface area contributed by atoms with E-state index in [1.807, 2.05) is 12.1 Å². The van der Waals surface area contributed by atoms with Gasteiger partial charge in [-0.15, -0.1) is 0 Å². The first kappa shape index (κ1) is 22.5. The molecule has 2 N–H and O–H groups in total. The van der Waals surface area contributed by atoms with E-state index in [0.29, 0.717) is 17.9 Å². The van der Waals surface area contributed by atoms with Gasteiger partial charge in [0.1, 0.15) is 11.5 Å². The molecule has 1 aliphatic carbocycles. The van der Waals surface area contributed by atoms with E-state index in [4.69, 9.17) is 4.74 Å². The molecule has 0 radical (unpaired) electrons. The fraction of sp³-hybridized carbons (Fsp3) is 0.458. The molecule has 1 atom stereocenters. The maximum atomic E-state index is 12.9. The van der Waals surface area contributed by atoms with Crippen LogP contribution in [0.1, 0.15) is 36.0 Å². The van der Waals surface area contributed by atoms with Crippen molar-refractivity contribution in [2.75, 3.05) is 20.2 Å². The first-order valence-electron chi connectivity index (χ1n) is 10.7. The SMILES string of the molecule is COc1ccc(CN2CCC3(CC2)CC3C(=O)NCc2cccc(C(F)(F)F)c2)c(O)c1. The Labute approximate surface area is 185 Å². The van der Waals surface area contributed by atoms with E-state index in [9.17, 15) is 23.1 Å². The van der Waals surface area contributed by atoms with E-state index in [1.54, 1.807) is 19.2 Å². The van der Waals surface area contributed by atoms with Gasteiger partial charge < -0.3 is 15.2 Å². The van der Waals surface area contributed by atoms with Gasteiger partial charge in [-0.2, -0.15) is 13.2 Å². The number of methoxy groups -OCH3 is 1. The molecule has 2 fully saturated rings. The van der Waals surface area contributed by atoms with Gasteiger partial charge >= 0.3 is 6.18 Å². The molecule has 2 aliphatic rings. The summed E-state index contributed by atoms with van der Waals surface area (Å²) in [6.07, 6.45) is -1.78. The standard InChI is InChI=1S/C24H27F3N2O3/c1-32-19-6-5-17(21(30)12-19)15-29-9-7-23(8-10-29)13-20(23)22(31)28-14-16-3-2-4-18(11-16)24(25,26)27/h2-6,11-12,20,30H,7-10,13-15H2,1H3,(H,28,31). The Morgan fingerprint density at radius 2 is 1.97 bits per heavy atom. The highest BCUT2D eigenvalue weighted by Crippen LogP contribution is 2.59. The molecule has 2 aromatic carbocycles. The second-order valence-corrected chi connectivity index (χ2v) is 8.81. The summed E-state index contributed by atoms with van der Waals surface area (Å²) in [5.41, 5.74) is 0.573. The van der Waals surface area contributed by atoms with Crippen LogP contribution in [-0.2, 0) is 24.1 Å². The fourth-order valence-corrected chi connectivity index (χ4v) is 4.64. The topological polar surface area (TPSA) is 61.8 Å². The van der Waals surface area contributed by atoms with Crippen LogP contribution in [0.25, 0.3) is 0 Å². The molecule has 5 nitrogen and oxygen atoms in total. The normalized spacial score (nSPS) is 20.2. The molecule has 32 heavy (non-hydrogen) atoms. The summed E-state index contributed by atoms with van der Waals surface area (Å²) in [6.45, 7) is 2.41. The summed E-state index contributed by atoms with van der Waals surface area (Å²) in [6, 6.07) is 10.3. The van der Waals surface area contributed by atoms with Gasteiger partial charge in [-0.3, -0.25) is 9.69 Å². The molecule has 172 valence electrons. The smallest absolute Gasteiger partial charge is 0.416 e. The number of likely N-dealkylation sites (tertiary alicyclic amines) is 1. The fourth-order valence-electron chi connectivity index (χ4n) is 4.64. The molecule has 1 saturated heterocycles. The molecule has 0 bridgehead atoms. The number of halogens is 3. The number of nitrogens with one attached hydrogen (secondary N) is 1. The number of carbonyl (C=O) groups is 1. The van der Waals surface area contributed by atoms with Gasteiger partial charge in [-0.25, -0.2) is 0 Å². The average Bonchev–Trinajstić information content (AvgIpc) is 3.48. The number of ether oxygens (including phenoxy) is 1. The summed E-state index contributed by atoms with van der Waals surface area (Å²) < 4.78 is 43.7. The van der Waals surface area contributed by atoms with E-state index in [2.05, 4.69) is 10.2 Å². The Hall–Kier alpha value is -2.74. The van der Waals surface area contributed by atoms with Crippen LogP contribution < -0.4 is 10.1 Å². The van der Waals surface area contributed by atoms with E-state index in [0.717, 1.165) is 50.0 Å². The van der Waals surface area contributed by atoms with Crippen molar-refractivity contribution in [3.8, 4) is 11.5 Å². The van der Waals surface area contributed by atoms with E-state index in [-0.39, 0.29) is 29.5 Å². The van der Waals surface area contributed by atoms with Gasteiger partial charge in [0, 0.05) is 30.6 Å². The first-order chi connectivity index (χ1) is 15.2. The van der Waals surface area contributed by atoms with Gasteiger partial charge in [-0.05, 0) is 61.5 Å². The van der Waals surface area contributed by atoms with E-state index in [1.165, 1.54) is 6.07 Å². The molecule has 0 aromatic heterocycles. The Balaban J connectivity index is 1.26. The largest absolute Gasteiger partial charge is 0.507 e. The second kappa shape index (κ2) is 8.65. The summed E-state index contributed by atoms with van der Waals surface area (Å²) in [7, 11) is 1.56. The van der Waals surface area contributed by atoms with Crippen LogP contribution in [0, 0.1) is 11.3 Å². The average molecular weight is 448 g/mol. The lowest BCUT2D eigenvalue weighted by atomic mass is 9.90. The number of phenolic OH excluding ortho intramolecular Hbond substituents is 1. The van der Waals surface area contributed by atoms with Crippen molar-refractivity contribution in [3.05, 3.63) is 59.2 Å². The number of benzene rings is 2. The maximum Gasteiger partial charge on any atom is 0.416 e. The molecular weight excluding hydrogens is 421 g/mol. The Morgan fingerprint density at radius 3 is 2.62 bits per heavy atom. The number of alkyl halides is 3. The van der Waals surface area contributed by atoms with Gasteiger partial charge in [0.2, 0.25) is 5.91 Å². The molecule has 2 aromatic rings. The summed E-state index contributed by atoms with van der Waals surface area (Å²) in [4.78, 5) is 14.9. The third-order valence-corrected chi connectivity index (χ3v) is 6.77. The first-order valence-corrected chi connectivity index (χ1v) is 10.7. The van der Waals surface area contributed by atoms with E-state index < -0.39 is 11.7 Å². The summed E-state index contributed by atoms with van der Waals surface area (Å²) >= 11 is 0. The molecular formula is C24H27F3N2O3. The third-order valence-electron chi connectivity index (χ3n) is 6.77. The van der Waals surface area contributed by atoms with Gasteiger partial charge in [0.15, 0.2) is 0 Å². The zero-order valence-electron chi connectivity index (χ0n) is 17.9. The van der Waals surface area contributed by atoms with Crippen LogP contribution in [-0.4, -0.2) is 36.1 Å². The van der Waals surface area contributed by atoms with Crippen molar-refractivity contribution in [1.82, 2.24) is 10.2 Å². The van der Waals surface area contributed by atoms with Crippen LogP contribution in [0.4, 0.5) is 13.2 Å². The number of amides is 1. The number of phenols is 1. The van der Waals surface area contributed by atoms with Crippen molar-refractivity contribution in [3.63, 3.8) is 0 Å². The molecule has 4 rings (SSSR count). The van der Waals surface area contributed by atoms with Crippen LogP contribution in [0.15, 0.2) is 42.5 Å². The minimum absolute atomic E-state index is 0.00362. The van der Waals surface area contributed by atoms with Crippen molar-refractivity contribution >= 4 is 5.91 Å². The van der Waals surface area contributed by atoms with Crippen LogP contribution in [0.5, 0.6) is 11.5 Å². The van der Waals surface area contributed by atoms with Crippen molar-refractivity contribution in [2.24, 2.45) is 11.3 Å². The molecule has 8 heteroatoms. The third kappa shape index (κ3) is 4.85. The maximum absolute atomic E-state index is 12.9. The van der Waals surface area contributed by atoms with Crippen molar-refractivity contribution in [1.29, 1.82) is 0 Å². The zero-order chi connectivity index (χ0) is 22.9. The van der Waals surface area contributed by atoms with Crippen LogP contribution in [0.3, 0.4) is 0 Å². The monoisotopic (exact) mass is 448 g/mol. The minimum Gasteiger partial charge on any atom is -0.507 e. The molecule has 1 unspecified atom stereocenters. The molecule has 1 spiro atoms. The minimum atomic E-state index is -4.39. The van der Waals surface area contributed by atoms with Gasteiger partial charge in [0.05, 0.1) is 12.7 Å². The molecule has 1 amide bonds. The van der Waals surface area contributed by atoms with Gasteiger partial charge in [-0.1, -0.05) is 18.2 Å². The predicted octanol–water partition coefficient (Wildman–Crippen LogP) is 4.34. The van der Waals surface area contributed by atoms with Crippen molar-refractivity contribution in [2.45, 2.75) is 38.5 Å². The second-order valence-electron chi connectivity index (χ2n) is 8.81. The highest BCUT2D eigenvalue weighted by molar-refractivity contribution is 5.82. The Kier molecular flexibility index (Phi) is 6.07.